The Labute approximate surface area is 98.6 Å². The van der Waals surface area contributed by atoms with E-state index in [1.807, 2.05) is 13.0 Å². The average molecular weight is 238 g/mol. The number of hydrogen-bond donors (Lipinski definition) is 1. The van der Waals surface area contributed by atoms with Crippen LogP contribution in [0.1, 0.15) is 5.69 Å². The van der Waals surface area contributed by atoms with E-state index in [1.54, 1.807) is 30.1 Å². The first-order valence-corrected chi connectivity index (χ1v) is 5.15. The third kappa shape index (κ3) is 1.84. The zero-order valence-electron chi connectivity index (χ0n) is 9.07. The minimum Gasteiger partial charge on any atom is -0.497 e. The largest absolute Gasteiger partial charge is 0.497 e. The van der Waals surface area contributed by atoms with Crippen molar-refractivity contribution in [3.8, 4) is 11.4 Å². The van der Waals surface area contributed by atoms with Gasteiger partial charge in [0.05, 0.1) is 29.2 Å². The molecule has 0 aliphatic carbocycles. The summed E-state index contributed by atoms with van der Waals surface area (Å²) in [5, 5.41) is 4.88. The fourth-order valence-electron chi connectivity index (χ4n) is 1.41. The molecule has 0 unspecified atom stereocenters. The van der Waals surface area contributed by atoms with Crippen LogP contribution >= 0.6 is 11.6 Å². The van der Waals surface area contributed by atoms with Crippen molar-refractivity contribution >= 4 is 17.3 Å². The number of anilines is 1. The molecule has 2 aromatic rings. The highest BCUT2D eigenvalue weighted by atomic mass is 35.5. The lowest BCUT2D eigenvalue weighted by molar-refractivity contribution is 0.414. The van der Waals surface area contributed by atoms with Gasteiger partial charge in [0.1, 0.15) is 5.75 Å². The minimum atomic E-state index is 0.613. The predicted octanol–water partition coefficient (Wildman–Crippen LogP) is 2.42. The Bertz CT molecular complexity index is 502. The van der Waals surface area contributed by atoms with E-state index >= 15 is 0 Å². The van der Waals surface area contributed by atoms with Crippen LogP contribution in [0.25, 0.3) is 5.69 Å². The monoisotopic (exact) mass is 237 g/mol. The van der Waals surface area contributed by atoms with Gasteiger partial charge in [-0.25, -0.2) is 4.68 Å². The van der Waals surface area contributed by atoms with Gasteiger partial charge in [-0.15, -0.1) is 0 Å². The molecule has 5 heteroatoms. The third-order valence-electron chi connectivity index (χ3n) is 2.32. The summed E-state index contributed by atoms with van der Waals surface area (Å²) in [4.78, 5) is 0. The van der Waals surface area contributed by atoms with Crippen molar-refractivity contribution in [3.63, 3.8) is 0 Å². The van der Waals surface area contributed by atoms with Gasteiger partial charge in [0, 0.05) is 12.3 Å². The van der Waals surface area contributed by atoms with E-state index in [0.29, 0.717) is 10.7 Å². The van der Waals surface area contributed by atoms with Crippen LogP contribution in [0.5, 0.6) is 5.75 Å². The summed E-state index contributed by atoms with van der Waals surface area (Å²) in [5.41, 5.74) is 8.03. The van der Waals surface area contributed by atoms with Gasteiger partial charge in [-0.05, 0) is 19.1 Å². The highest BCUT2D eigenvalue weighted by Gasteiger charge is 2.08. The van der Waals surface area contributed by atoms with Gasteiger partial charge in [0.2, 0.25) is 0 Å². The Morgan fingerprint density at radius 3 is 2.75 bits per heavy atom. The number of methoxy groups -OCH3 is 1. The van der Waals surface area contributed by atoms with Gasteiger partial charge in [-0.2, -0.15) is 5.10 Å². The van der Waals surface area contributed by atoms with E-state index in [1.165, 1.54) is 0 Å². The van der Waals surface area contributed by atoms with Crippen molar-refractivity contribution in [2.24, 2.45) is 0 Å². The maximum Gasteiger partial charge on any atom is 0.121 e. The zero-order valence-corrected chi connectivity index (χ0v) is 9.82. The molecule has 84 valence electrons. The van der Waals surface area contributed by atoms with E-state index < -0.39 is 0 Å². The van der Waals surface area contributed by atoms with E-state index in [9.17, 15) is 0 Å². The van der Waals surface area contributed by atoms with Gasteiger partial charge in [-0.1, -0.05) is 11.6 Å². The number of aryl methyl sites for hydroxylation is 1. The lowest BCUT2D eigenvalue weighted by atomic mass is 10.2. The van der Waals surface area contributed by atoms with Crippen molar-refractivity contribution in [3.05, 3.63) is 35.1 Å². The molecule has 1 aromatic heterocycles. The average Bonchev–Trinajstić information content (AvgIpc) is 2.60. The molecule has 1 heterocycles. The molecule has 4 nitrogen and oxygen atoms in total. The van der Waals surface area contributed by atoms with E-state index in [2.05, 4.69) is 5.10 Å². The second-order valence-corrected chi connectivity index (χ2v) is 3.84. The number of hydrogen-bond acceptors (Lipinski definition) is 3. The summed E-state index contributed by atoms with van der Waals surface area (Å²) in [6, 6.07) is 5.40. The smallest absolute Gasteiger partial charge is 0.121 e. The summed E-state index contributed by atoms with van der Waals surface area (Å²) < 4.78 is 6.79. The van der Waals surface area contributed by atoms with Crippen molar-refractivity contribution in [1.29, 1.82) is 0 Å². The number of halogens is 1. The first-order valence-electron chi connectivity index (χ1n) is 4.77. The second kappa shape index (κ2) is 4.06. The van der Waals surface area contributed by atoms with Crippen LogP contribution in [0.4, 0.5) is 5.69 Å². The minimum absolute atomic E-state index is 0.613. The Morgan fingerprint density at radius 1 is 1.44 bits per heavy atom. The summed E-state index contributed by atoms with van der Waals surface area (Å²) in [6.07, 6.45) is 1.72. The lowest BCUT2D eigenvalue weighted by Crippen LogP contribution is -2.01. The molecule has 0 amide bonds. The highest BCUT2D eigenvalue weighted by Crippen LogP contribution is 2.24. The van der Waals surface area contributed by atoms with Gasteiger partial charge < -0.3 is 10.5 Å². The Hall–Kier alpha value is -1.68. The van der Waals surface area contributed by atoms with Crippen LogP contribution in [-0.2, 0) is 0 Å². The number of nitrogens with zero attached hydrogens (tertiary/aromatic N) is 2. The molecule has 1 aromatic carbocycles. The quantitative estimate of drug-likeness (QED) is 0.817. The highest BCUT2D eigenvalue weighted by molar-refractivity contribution is 6.31. The van der Waals surface area contributed by atoms with Gasteiger partial charge in [-0.3, -0.25) is 0 Å². The first-order chi connectivity index (χ1) is 7.61. The van der Waals surface area contributed by atoms with Gasteiger partial charge in [0.25, 0.3) is 0 Å². The number of benzene rings is 1. The Kier molecular flexibility index (Phi) is 2.75. The SMILES string of the molecule is COc1ccc(N)c(-n2cc(Cl)c(C)n2)c1. The fraction of sp³-hybridized carbons (Fsp3) is 0.182. The summed E-state index contributed by atoms with van der Waals surface area (Å²) in [7, 11) is 1.61. The van der Waals surface area contributed by atoms with E-state index in [4.69, 9.17) is 22.1 Å². The molecule has 0 saturated heterocycles. The van der Waals surface area contributed by atoms with Gasteiger partial charge >= 0.3 is 0 Å². The normalized spacial score (nSPS) is 10.4. The van der Waals surface area contributed by atoms with E-state index in [0.717, 1.165) is 17.1 Å². The number of nitrogen functional groups attached to an aromatic ring is 1. The van der Waals surface area contributed by atoms with E-state index in [-0.39, 0.29) is 0 Å². The van der Waals surface area contributed by atoms with Gasteiger partial charge in [0.15, 0.2) is 0 Å². The molecule has 0 fully saturated rings. The topological polar surface area (TPSA) is 53.1 Å². The molecule has 2 N–H and O–H groups in total. The van der Waals surface area contributed by atoms with Crippen LogP contribution in [0, 0.1) is 6.92 Å². The summed E-state index contributed by atoms with van der Waals surface area (Å²) in [6.45, 7) is 1.84. The molecule has 0 aliphatic rings. The molecule has 2 rings (SSSR count). The molecule has 0 spiro atoms. The molecule has 0 atom stereocenters. The summed E-state index contributed by atoms with van der Waals surface area (Å²) >= 11 is 5.95. The first kappa shape index (κ1) is 10.8. The predicted molar refractivity (Wildman–Crippen MR) is 64.3 cm³/mol. The molecular weight excluding hydrogens is 226 g/mol. The van der Waals surface area contributed by atoms with Crippen molar-refractivity contribution < 1.29 is 4.74 Å². The Morgan fingerprint density at radius 2 is 2.19 bits per heavy atom. The summed E-state index contributed by atoms with van der Waals surface area (Å²) in [5.74, 6) is 0.730. The molecule has 0 saturated carbocycles. The van der Waals surface area contributed by atoms with Crippen LogP contribution in [-0.4, -0.2) is 16.9 Å². The number of aromatic nitrogens is 2. The molecule has 0 bridgehead atoms. The van der Waals surface area contributed by atoms with Crippen LogP contribution in [0.15, 0.2) is 24.4 Å². The standard InChI is InChI=1S/C11H12ClN3O/c1-7-9(12)6-15(14-7)11-5-8(16-2)3-4-10(11)13/h3-6H,13H2,1-2H3. The lowest BCUT2D eigenvalue weighted by Gasteiger charge is -2.07. The molecule has 0 aliphatic heterocycles. The molecule has 16 heavy (non-hydrogen) atoms. The fourth-order valence-corrected chi connectivity index (χ4v) is 1.54. The molecular formula is C11H12ClN3O. The van der Waals surface area contributed by atoms with Crippen molar-refractivity contribution in [1.82, 2.24) is 9.78 Å². The Balaban J connectivity index is 2.54. The van der Waals surface area contributed by atoms with Crippen molar-refractivity contribution in [2.75, 3.05) is 12.8 Å². The second-order valence-electron chi connectivity index (χ2n) is 3.43. The van der Waals surface area contributed by atoms with Crippen LogP contribution in [0.3, 0.4) is 0 Å². The molecule has 0 radical (unpaired) electrons. The number of nitrogens with two attached hydrogens (primary N) is 1. The van der Waals surface area contributed by atoms with Crippen molar-refractivity contribution in [2.45, 2.75) is 6.92 Å². The third-order valence-corrected chi connectivity index (χ3v) is 2.69. The number of rotatable bonds is 2. The maximum absolute atomic E-state index is 5.95. The maximum atomic E-state index is 5.95. The zero-order chi connectivity index (χ0) is 11.7. The van der Waals surface area contributed by atoms with Crippen LogP contribution < -0.4 is 10.5 Å². The van der Waals surface area contributed by atoms with Crippen LogP contribution in [0.2, 0.25) is 5.02 Å². The number of ether oxygens (including phenoxy) is 1.